The number of carbonyl (C=O) groups is 2. The summed E-state index contributed by atoms with van der Waals surface area (Å²) < 4.78 is 5.60. The minimum absolute atomic E-state index is 0.114. The fourth-order valence-corrected chi connectivity index (χ4v) is 3.39. The van der Waals surface area contributed by atoms with Crippen LogP contribution in [0.15, 0.2) is 91.3 Å². The maximum atomic E-state index is 13.2. The molecular formula is C27H23N3O3. The Hall–Kier alpha value is -4.32. The minimum Gasteiger partial charge on any atom is -0.457 e. The van der Waals surface area contributed by atoms with E-state index < -0.39 is 5.97 Å². The van der Waals surface area contributed by atoms with E-state index in [9.17, 15) is 9.59 Å². The van der Waals surface area contributed by atoms with Crippen LogP contribution in [0.1, 0.15) is 37.7 Å². The Balaban J connectivity index is 1.63. The molecule has 0 atom stereocenters. The van der Waals surface area contributed by atoms with Crippen LogP contribution in [0.4, 0.5) is 0 Å². The average molecular weight is 437 g/mol. The first-order valence-electron chi connectivity index (χ1n) is 10.6. The molecule has 0 saturated heterocycles. The van der Waals surface area contributed by atoms with Crippen molar-refractivity contribution in [2.24, 2.45) is 0 Å². The summed E-state index contributed by atoms with van der Waals surface area (Å²) in [6, 6.07) is 24.1. The van der Waals surface area contributed by atoms with Gasteiger partial charge in [-0.15, -0.1) is 0 Å². The van der Waals surface area contributed by atoms with Crippen LogP contribution >= 0.6 is 0 Å². The molecule has 0 aliphatic rings. The van der Waals surface area contributed by atoms with Crippen LogP contribution in [0, 0.1) is 6.92 Å². The maximum absolute atomic E-state index is 13.2. The quantitative estimate of drug-likeness (QED) is 0.423. The van der Waals surface area contributed by atoms with Crippen molar-refractivity contribution in [2.75, 3.05) is 0 Å². The molecule has 0 aliphatic carbocycles. The summed E-state index contributed by atoms with van der Waals surface area (Å²) in [5, 5.41) is 2.83. The second-order valence-electron chi connectivity index (χ2n) is 7.49. The van der Waals surface area contributed by atoms with Gasteiger partial charge in [0, 0.05) is 6.20 Å². The summed E-state index contributed by atoms with van der Waals surface area (Å²) in [7, 11) is 0. The van der Waals surface area contributed by atoms with Gasteiger partial charge in [0.05, 0.1) is 35.3 Å². The number of esters is 1. The number of hydrogen-bond donors (Lipinski definition) is 1. The summed E-state index contributed by atoms with van der Waals surface area (Å²) in [6.07, 6.45) is 3.26. The standard InChI is InChI=1S/C27H23N3O3/c1-19-15-29-22(16-28-19)17-30-26(31)24-14-8-13-23(21-11-6-3-7-12-21)25(24)27(32)33-18-20-9-4-2-5-10-20/h2-16H,17-18H2,1H3,(H,30,31). The van der Waals surface area contributed by atoms with E-state index in [-0.39, 0.29) is 30.2 Å². The molecule has 6 nitrogen and oxygen atoms in total. The van der Waals surface area contributed by atoms with Crippen LogP contribution in [0.2, 0.25) is 0 Å². The van der Waals surface area contributed by atoms with Gasteiger partial charge in [-0.25, -0.2) is 4.79 Å². The Morgan fingerprint density at radius 3 is 2.27 bits per heavy atom. The number of carbonyl (C=O) groups excluding carboxylic acids is 2. The Morgan fingerprint density at radius 2 is 1.58 bits per heavy atom. The highest BCUT2D eigenvalue weighted by molar-refractivity contribution is 6.09. The first-order valence-corrected chi connectivity index (χ1v) is 10.6. The number of nitrogens with zero attached hydrogens (tertiary/aromatic N) is 2. The number of aromatic nitrogens is 2. The molecule has 0 unspecified atom stereocenters. The number of rotatable bonds is 7. The molecule has 0 radical (unpaired) electrons. The van der Waals surface area contributed by atoms with Gasteiger partial charge in [-0.2, -0.15) is 0 Å². The average Bonchev–Trinajstić information content (AvgIpc) is 2.87. The summed E-state index contributed by atoms with van der Waals surface area (Å²) in [4.78, 5) is 34.8. The van der Waals surface area contributed by atoms with Crippen molar-refractivity contribution in [1.29, 1.82) is 0 Å². The van der Waals surface area contributed by atoms with Crippen LogP contribution < -0.4 is 5.32 Å². The third-order valence-electron chi connectivity index (χ3n) is 5.08. The molecule has 0 spiro atoms. The molecule has 6 heteroatoms. The Morgan fingerprint density at radius 1 is 0.848 bits per heavy atom. The zero-order valence-electron chi connectivity index (χ0n) is 18.2. The lowest BCUT2D eigenvalue weighted by Gasteiger charge is -2.15. The number of benzene rings is 3. The second kappa shape index (κ2) is 10.3. The second-order valence-corrected chi connectivity index (χ2v) is 7.49. The summed E-state index contributed by atoms with van der Waals surface area (Å²) >= 11 is 0. The van der Waals surface area contributed by atoms with Crippen molar-refractivity contribution in [3.05, 3.63) is 119 Å². The van der Waals surface area contributed by atoms with Crippen LogP contribution in [0.5, 0.6) is 0 Å². The molecule has 0 fully saturated rings. The Labute approximate surface area is 192 Å². The van der Waals surface area contributed by atoms with Crippen molar-refractivity contribution < 1.29 is 14.3 Å². The fourth-order valence-electron chi connectivity index (χ4n) is 3.39. The van der Waals surface area contributed by atoms with Gasteiger partial charge in [-0.05, 0) is 29.7 Å². The molecule has 33 heavy (non-hydrogen) atoms. The van der Waals surface area contributed by atoms with E-state index in [1.807, 2.05) is 73.7 Å². The molecule has 4 rings (SSSR count). The van der Waals surface area contributed by atoms with Gasteiger partial charge in [0.15, 0.2) is 0 Å². The molecule has 3 aromatic carbocycles. The first-order chi connectivity index (χ1) is 16.1. The predicted octanol–water partition coefficient (Wildman–Crippen LogP) is 4.74. The lowest BCUT2D eigenvalue weighted by Crippen LogP contribution is -2.26. The maximum Gasteiger partial charge on any atom is 0.339 e. The molecule has 1 heterocycles. The monoisotopic (exact) mass is 437 g/mol. The molecular weight excluding hydrogens is 414 g/mol. The number of ether oxygens (including phenoxy) is 1. The van der Waals surface area contributed by atoms with E-state index in [1.165, 1.54) is 0 Å². The molecule has 164 valence electrons. The van der Waals surface area contributed by atoms with Crippen molar-refractivity contribution >= 4 is 11.9 Å². The van der Waals surface area contributed by atoms with Gasteiger partial charge in [0.25, 0.3) is 5.91 Å². The highest BCUT2D eigenvalue weighted by atomic mass is 16.5. The Kier molecular flexibility index (Phi) is 6.85. The van der Waals surface area contributed by atoms with E-state index in [0.717, 1.165) is 16.8 Å². The topological polar surface area (TPSA) is 81.2 Å². The molecule has 0 aliphatic heterocycles. The molecule has 1 aromatic heterocycles. The number of aryl methyl sites for hydroxylation is 1. The SMILES string of the molecule is Cc1cnc(CNC(=O)c2cccc(-c3ccccc3)c2C(=O)OCc2ccccc2)cn1. The van der Waals surface area contributed by atoms with Crippen molar-refractivity contribution in [2.45, 2.75) is 20.1 Å². The highest BCUT2D eigenvalue weighted by Crippen LogP contribution is 2.27. The van der Waals surface area contributed by atoms with Crippen LogP contribution in [-0.2, 0) is 17.9 Å². The fraction of sp³-hybridized carbons (Fsp3) is 0.111. The Bertz CT molecular complexity index is 1240. The third kappa shape index (κ3) is 5.49. The summed E-state index contributed by atoms with van der Waals surface area (Å²) in [6.45, 7) is 2.15. The predicted molar refractivity (Wildman–Crippen MR) is 125 cm³/mol. The lowest BCUT2D eigenvalue weighted by molar-refractivity contribution is 0.0470. The van der Waals surface area contributed by atoms with Gasteiger partial charge < -0.3 is 10.1 Å². The lowest BCUT2D eigenvalue weighted by atomic mass is 9.95. The number of hydrogen-bond acceptors (Lipinski definition) is 5. The molecule has 1 amide bonds. The normalized spacial score (nSPS) is 10.5. The highest BCUT2D eigenvalue weighted by Gasteiger charge is 2.23. The largest absolute Gasteiger partial charge is 0.457 e. The van der Waals surface area contributed by atoms with Crippen molar-refractivity contribution in [3.8, 4) is 11.1 Å². The van der Waals surface area contributed by atoms with E-state index in [2.05, 4.69) is 15.3 Å². The minimum atomic E-state index is -0.557. The first kappa shape index (κ1) is 21.9. The van der Waals surface area contributed by atoms with Gasteiger partial charge in [0.1, 0.15) is 6.61 Å². The molecule has 0 bridgehead atoms. The summed E-state index contributed by atoms with van der Waals surface area (Å²) in [5.41, 5.74) is 4.22. The zero-order valence-corrected chi connectivity index (χ0v) is 18.2. The van der Waals surface area contributed by atoms with Crippen molar-refractivity contribution in [1.82, 2.24) is 15.3 Å². The van der Waals surface area contributed by atoms with Crippen molar-refractivity contribution in [3.63, 3.8) is 0 Å². The molecule has 4 aromatic rings. The smallest absolute Gasteiger partial charge is 0.339 e. The van der Waals surface area contributed by atoms with Crippen LogP contribution in [-0.4, -0.2) is 21.8 Å². The van der Waals surface area contributed by atoms with Gasteiger partial charge >= 0.3 is 5.97 Å². The van der Waals surface area contributed by atoms with E-state index in [0.29, 0.717) is 11.3 Å². The van der Waals surface area contributed by atoms with E-state index >= 15 is 0 Å². The van der Waals surface area contributed by atoms with Gasteiger partial charge in [-0.1, -0.05) is 72.8 Å². The molecule has 0 saturated carbocycles. The summed E-state index contributed by atoms with van der Waals surface area (Å²) in [5.74, 6) is -0.944. The van der Waals surface area contributed by atoms with Gasteiger partial charge in [-0.3, -0.25) is 14.8 Å². The number of nitrogens with one attached hydrogen (secondary N) is 1. The van der Waals surface area contributed by atoms with E-state index in [1.54, 1.807) is 24.5 Å². The van der Waals surface area contributed by atoms with Crippen LogP contribution in [0.3, 0.4) is 0 Å². The van der Waals surface area contributed by atoms with Crippen LogP contribution in [0.25, 0.3) is 11.1 Å². The zero-order chi connectivity index (χ0) is 23.0. The van der Waals surface area contributed by atoms with Gasteiger partial charge in [0.2, 0.25) is 0 Å². The number of amides is 1. The molecule has 1 N–H and O–H groups in total. The third-order valence-corrected chi connectivity index (χ3v) is 5.08. The van der Waals surface area contributed by atoms with E-state index in [4.69, 9.17) is 4.74 Å².